The number of nitrogens with one attached hydrogen (secondary N) is 2. The SMILES string of the molecule is CC(C)n1nccc1NC(=O)c1ccc2c(c1)CCCN2. The van der Waals surface area contributed by atoms with E-state index in [1.165, 1.54) is 5.56 Å². The van der Waals surface area contributed by atoms with Crippen LogP contribution in [0.15, 0.2) is 30.5 Å². The Bertz CT molecular complexity index is 660. The van der Waals surface area contributed by atoms with Crippen LogP contribution in [0.1, 0.15) is 42.2 Å². The van der Waals surface area contributed by atoms with E-state index in [0.29, 0.717) is 5.56 Å². The van der Waals surface area contributed by atoms with Gasteiger partial charge in [0, 0.05) is 29.9 Å². The molecule has 0 bridgehead atoms. The standard InChI is InChI=1S/C16H20N4O/c1-11(2)20-15(7-9-18-20)19-16(21)13-5-6-14-12(10-13)4-3-8-17-14/h5-7,9-11,17H,3-4,8H2,1-2H3,(H,19,21). The number of hydrogen-bond donors (Lipinski definition) is 2. The Labute approximate surface area is 124 Å². The molecule has 5 nitrogen and oxygen atoms in total. The lowest BCUT2D eigenvalue weighted by molar-refractivity contribution is 0.102. The number of rotatable bonds is 3. The van der Waals surface area contributed by atoms with E-state index < -0.39 is 0 Å². The molecule has 2 aromatic rings. The number of benzene rings is 1. The van der Waals surface area contributed by atoms with Gasteiger partial charge in [-0.1, -0.05) is 0 Å². The lowest BCUT2D eigenvalue weighted by Gasteiger charge is -2.18. The van der Waals surface area contributed by atoms with Crippen LogP contribution in [0.25, 0.3) is 0 Å². The second kappa shape index (κ2) is 5.60. The molecule has 3 rings (SSSR count). The first kappa shape index (κ1) is 13.7. The van der Waals surface area contributed by atoms with Gasteiger partial charge in [-0.3, -0.25) is 4.79 Å². The molecule has 0 fully saturated rings. The first-order valence-corrected chi connectivity index (χ1v) is 7.37. The number of hydrogen-bond acceptors (Lipinski definition) is 3. The normalized spacial score (nSPS) is 13.7. The van der Waals surface area contributed by atoms with Gasteiger partial charge < -0.3 is 10.6 Å². The van der Waals surface area contributed by atoms with Gasteiger partial charge in [0.2, 0.25) is 0 Å². The van der Waals surface area contributed by atoms with Gasteiger partial charge in [0.15, 0.2) is 0 Å². The van der Waals surface area contributed by atoms with Crippen LogP contribution in [0.5, 0.6) is 0 Å². The van der Waals surface area contributed by atoms with E-state index in [2.05, 4.69) is 15.7 Å². The average Bonchev–Trinajstić information content (AvgIpc) is 2.95. The molecular formula is C16H20N4O. The molecule has 110 valence electrons. The predicted octanol–water partition coefficient (Wildman–Crippen LogP) is 3.07. The highest BCUT2D eigenvalue weighted by Crippen LogP contribution is 2.23. The first-order chi connectivity index (χ1) is 10.1. The fraction of sp³-hybridized carbons (Fsp3) is 0.375. The van der Waals surface area contributed by atoms with Gasteiger partial charge in [0.05, 0.1) is 6.20 Å². The molecule has 0 saturated heterocycles. The lowest BCUT2D eigenvalue weighted by Crippen LogP contribution is -2.18. The van der Waals surface area contributed by atoms with Crippen molar-refractivity contribution >= 4 is 17.4 Å². The van der Waals surface area contributed by atoms with E-state index in [-0.39, 0.29) is 11.9 Å². The monoisotopic (exact) mass is 284 g/mol. The molecule has 0 atom stereocenters. The van der Waals surface area contributed by atoms with Crippen LogP contribution in [0.3, 0.4) is 0 Å². The van der Waals surface area contributed by atoms with Crippen LogP contribution in [-0.4, -0.2) is 22.2 Å². The van der Waals surface area contributed by atoms with Crippen LogP contribution >= 0.6 is 0 Å². The van der Waals surface area contributed by atoms with Gasteiger partial charge in [-0.15, -0.1) is 0 Å². The summed E-state index contributed by atoms with van der Waals surface area (Å²) in [6, 6.07) is 7.86. The molecule has 1 aromatic heterocycles. The highest BCUT2D eigenvalue weighted by molar-refractivity contribution is 6.04. The number of carbonyl (C=O) groups excluding carboxylic acids is 1. The molecular weight excluding hydrogens is 264 g/mol. The lowest BCUT2D eigenvalue weighted by atomic mass is 10.0. The van der Waals surface area contributed by atoms with Crippen molar-refractivity contribution in [2.75, 3.05) is 17.2 Å². The minimum atomic E-state index is -0.0919. The summed E-state index contributed by atoms with van der Waals surface area (Å²) >= 11 is 0. The van der Waals surface area contributed by atoms with Crippen molar-refractivity contribution in [2.45, 2.75) is 32.7 Å². The zero-order chi connectivity index (χ0) is 14.8. The molecule has 0 radical (unpaired) electrons. The summed E-state index contributed by atoms with van der Waals surface area (Å²) in [4.78, 5) is 12.4. The van der Waals surface area contributed by atoms with Crippen molar-refractivity contribution in [3.05, 3.63) is 41.6 Å². The smallest absolute Gasteiger partial charge is 0.256 e. The van der Waals surface area contributed by atoms with Crippen LogP contribution < -0.4 is 10.6 Å². The van der Waals surface area contributed by atoms with E-state index in [1.807, 2.05) is 38.1 Å². The highest BCUT2D eigenvalue weighted by atomic mass is 16.1. The Morgan fingerprint density at radius 2 is 2.24 bits per heavy atom. The topological polar surface area (TPSA) is 59.0 Å². The summed E-state index contributed by atoms with van der Waals surface area (Å²) in [5.74, 6) is 0.636. The second-order valence-electron chi connectivity index (χ2n) is 5.61. The average molecular weight is 284 g/mol. The summed E-state index contributed by atoms with van der Waals surface area (Å²) in [7, 11) is 0. The van der Waals surface area contributed by atoms with Crippen molar-refractivity contribution in [2.24, 2.45) is 0 Å². The summed E-state index contributed by atoms with van der Waals surface area (Å²) in [5.41, 5.74) is 3.05. The summed E-state index contributed by atoms with van der Waals surface area (Å²) in [5, 5.41) is 10.5. The molecule has 0 saturated carbocycles. The van der Waals surface area contributed by atoms with Gasteiger partial charge in [-0.2, -0.15) is 5.10 Å². The number of nitrogens with zero attached hydrogens (tertiary/aromatic N) is 2. The molecule has 0 aliphatic carbocycles. The van der Waals surface area contributed by atoms with Crippen molar-refractivity contribution in [3.63, 3.8) is 0 Å². The largest absolute Gasteiger partial charge is 0.385 e. The molecule has 1 aromatic carbocycles. The molecule has 5 heteroatoms. The quantitative estimate of drug-likeness (QED) is 0.910. The van der Waals surface area contributed by atoms with E-state index >= 15 is 0 Å². The number of carbonyl (C=O) groups is 1. The minimum absolute atomic E-state index is 0.0919. The van der Waals surface area contributed by atoms with Crippen LogP contribution in [-0.2, 0) is 6.42 Å². The van der Waals surface area contributed by atoms with E-state index in [0.717, 1.165) is 30.9 Å². The van der Waals surface area contributed by atoms with Crippen LogP contribution in [0.2, 0.25) is 0 Å². The van der Waals surface area contributed by atoms with Gasteiger partial charge in [0.1, 0.15) is 5.82 Å². The molecule has 1 amide bonds. The second-order valence-corrected chi connectivity index (χ2v) is 5.61. The van der Waals surface area contributed by atoms with Crippen molar-refractivity contribution in [1.82, 2.24) is 9.78 Å². The maximum atomic E-state index is 12.4. The molecule has 2 heterocycles. The summed E-state index contributed by atoms with van der Waals surface area (Å²) in [6.45, 7) is 5.08. The van der Waals surface area contributed by atoms with Gasteiger partial charge in [-0.25, -0.2) is 4.68 Å². The van der Waals surface area contributed by atoms with Gasteiger partial charge >= 0.3 is 0 Å². The number of amides is 1. The molecule has 21 heavy (non-hydrogen) atoms. The third-order valence-corrected chi connectivity index (χ3v) is 3.71. The number of fused-ring (bicyclic) bond motifs is 1. The fourth-order valence-corrected chi connectivity index (χ4v) is 2.63. The maximum absolute atomic E-state index is 12.4. The minimum Gasteiger partial charge on any atom is -0.385 e. The summed E-state index contributed by atoms with van der Waals surface area (Å²) in [6.07, 6.45) is 3.83. The van der Waals surface area contributed by atoms with Crippen molar-refractivity contribution in [1.29, 1.82) is 0 Å². The fourth-order valence-electron chi connectivity index (χ4n) is 2.63. The van der Waals surface area contributed by atoms with Crippen LogP contribution in [0, 0.1) is 0 Å². The van der Waals surface area contributed by atoms with E-state index in [1.54, 1.807) is 10.9 Å². The molecule has 0 spiro atoms. The van der Waals surface area contributed by atoms with Gasteiger partial charge in [0.25, 0.3) is 5.91 Å². The highest BCUT2D eigenvalue weighted by Gasteiger charge is 2.14. The third kappa shape index (κ3) is 2.77. The molecule has 0 unspecified atom stereocenters. The first-order valence-electron chi connectivity index (χ1n) is 7.37. The summed E-state index contributed by atoms with van der Waals surface area (Å²) < 4.78 is 1.80. The van der Waals surface area contributed by atoms with Crippen LogP contribution in [0.4, 0.5) is 11.5 Å². The van der Waals surface area contributed by atoms with E-state index in [9.17, 15) is 4.79 Å². The Balaban J connectivity index is 1.80. The molecule has 1 aliphatic rings. The number of aryl methyl sites for hydroxylation is 1. The molecule has 1 aliphatic heterocycles. The Morgan fingerprint density at radius 1 is 1.38 bits per heavy atom. The van der Waals surface area contributed by atoms with Crippen molar-refractivity contribution < 1.29 is 4.79 Å². The van der Waals surface area contributed by atoms with Gasteiger partial charge in [-0.05, 0) is 50.5 Å². The third-order valence-electron chi connectivity index (χ3n) is 3.71. The van der Waals surface area contributed by atoms with E-state index in [4.69, 9.17) is 0 Å². The maximum Gasteiger partial charge on any atom is 0.256 e. The number of anilines is 2. The Kier molecular flexibility index (Phi) is 3.64. The van der Waals surface area contributed by atoms with Crippen molar-refractivity contribution in [3.8, 4) is 0 Å². The molecule has 2 N–H and O–H groups in total. The Morgan fingerprint density at radius 3 is 3.05 bits per heavy atom. The number of aromatic nitrogens is 2. The Hall–Kier alpha value is -2.30. The predicted molar refractivity (Wildman–Crippen MR) is 83.8 cm³/mol. The zero-order valence-electron chi connectivity index (χ0n) is 12.4. The zero-order valence-corrected chi connectivity index (χ0v) is 12.4.